The van der Waals surface area contributed by atoms with Crippen molar-refractivity contribution in [1.82, 2.24) is 4.90 Å². The van der Waals surface area contributed by atoms with Crippen LogP contribution in [0.3, 0.4) is 0 Å². The van der Waals surface area contributed by atoms with Crippen molar-refractivity contribution in [3.63, 3.8) is 0 Å². The van der Waals surface area contributed by atoms with E-state index in [0.29, 0.717) is 18.7 Å². The number of ketones is 1. The number of methoxy groups -OCH3 is 2. The molecular formula is C50H88N2O17. The van der Waals surface area contributed by atoms with Crippen molar-refractivity contribution in [2.45, 2.75) is 213 Å². The minimum absolute atomic E-state index is 0.0496. The molecule has 400 valence electrons. The zero-order valence-electron chi connectivity index (χ0n) is 44.4. The van der Waals surface area contributed by atoms with E-state index in [9.17, 15) is 24.9 Å². The van der Waals surface area contributed by atoms with E-state index in [0.717, 1.165) is 0 Å². The Morgan fingerprint density at radius 1 is 0.826 bits per heavy atom. The van der Waals surface area contributed by atoms with Crippen LogP contribution in [0.1, 0.15) is 116 Å². The maximum absolute atomic E-state index is 15.1. The minimum atomic E-state index is -2.01. The number of nitrogens with zero attached hydrogens (tertiary/aromatic N) is 2. The van der Waals surface area contributed by atoms with Gasteiger partial charge in [-0.25, -0.2) is 0 Å². The molecule has 0 amide bonds. The zero-order chi connectivity index (χ0) is 51.8. The Morgan fingerprint density at radius 2 is 1.48 bits per heavy atom. The summed E-state index contributed by atoms with van der Waals surface area (Å²) in [4.78, 5) is 50.9. The topological polar surface area (TPSA) is 229 Å². The Bertz CT molecular complexity index is 1670. The second-order valence-corrected chi connectivity index (χ2v) is 21.3. The molecule has 0 spiro atoms. The van der Waals surface area contributed by atoms with Gasteiger partial charge < -0.3 is 72.4 Å². The first-order valence-corrected chi connectivity index (χ1v) is 25.0. The van der Waals surface area contributed by atoms with E-state index in [1.807, 2.05) is 55.5 Å². The first-order chi connectivity index (χ1) is 32.3. The average molecular weight is 989 g/mol. The fraction of sp³-hybridized carbons (Fsp3) is 0.920. The van der Waals surface area contributed by atoms with Crippen LogP contribution >= 0.6 is 0 Å². The molecule has 69 heavy (non-hydrogen) atoms. The second kappa shape index (κ2) is 26.0. The van der Waals surface area contributed by atoms with Gasteiger partial charge in [-0.2, -0.15) is 0 Å². The fourth-order valence-electron chi connectivity index (χ4n) is 10.7. The van der Waals surface area contributed by atoms with Crippen LogP contribution in [0.2, 0.25) is 0 Å². The smallest absolute Gasteiger partial charge is 0.311 e. The molecular weight excluding hydrogens is 901 g/mol. The molecule has 0 aromatic rings. The number of carbonyl (C=O) groups is 3. The van der Waals surface area contributed by atoms with Gasteiger partial charge in [-0.05, 0) is 66.8 Å². The third-order valence-corrected chi connectivity index (χ3v) is 14.6. The Balaban J connectivity index is 1.88. The molecule has 3 N–H and O–H groups in total. The van der Waals surface area contributed by atoms with Gasteiger partial charge in [0.05, 0.1) is 54.7 Å². The number of Topliss-reactive ketones (excluding diaryl/α,β-unsaturated/α-hetero) is 1. The Kier molecular flexibility index (Phi) is 22.3. The molecule has 19 nitrogen and oxygen atoms in total. The lowest BCUT2D eigenvalue weighted by Gasteiger charge is -2.44. The summed E-state index contributed by atoms with van der Waals surface area (Å²) in [5, 5.41) is 38.8. The molecule has 4 heterocycles. The quantitative estimate of drug-likeness (QED) is 0.163. The minimum Gasteiger partial charge on any atom is -0.461 e. The third-order valence-electron chi connectivity index (χ3n) is 14.6. The molecule has 0 saturated carbocycles. The number of rotatable bonds is 14. The first-order valence-electron chi connectivity index (χ1n) is 25.0. The lowest BCUT2D eigenvalue weighted by atomic mass is 9.74. The summed E-state index contributed by atoms with van der Waals surface area (Å²) in [6, 6.07) is 0.0496. The summed E-state index contributed by atoms with van der Waals surface area (Å²) in [6.07, 6.45) is -11.8. The van der Waals surface area contributed by atoms with Crippen molar-refractivity contribution in [3.05, 3.63) is 0 Å². The molecule has 0 aromatic carbocycles. The number of hydrogen-bond donors (Lipinski definition) is 3. The second-order valence-electron chi connectivity index (χ2n) is 21.3. The number of cyclic esters (lactones) is 1. The summed E-state index contributed by atoms with van der Waals surface area (Å²) in [5.41, 5.74) is -1.69. The van der Waals surface area contributed by atoms with Crippen LogP contribution in [-0.2, 0) is 66.6 Å². The SMILES string of the molecule is CON=C1C[C@@H](C)O[C@@H](O[C@@H]2[C@@H](C)[C@H](O[C@H]3C[C@H](C)N(C)C[C@H](C)O3)[C@@H](C)C(=O)O[C@H]([C@@H](C)CO[C@@H]3O[C@H](C)[C@@H](O)[C@@H](OC)[C@H]3OC)[C@H](C)[C@@H](OC(=O)CC(C)C)[C@@H](C)C(=O)[C@@](C)(O)C[C@@H]2C)[C@@H]1O. The number of carbonyl (C=O) groups excluding carboxylic acids is 3. The standard InChI is InChI=1S/C50H88N2O17/c1-24(2)18-36(53)66-42-31(9)41(26(4)23-62-49-45(60-16)44(59-15)38(54)34(12)65-49)68-47(57)33(11)43(67-37-19-27(5)52(14)22-29(7)63-37)30(8)40(25(3)21-50(13,58)46(56)32(42)10)69-48-39(55)35(51-61-17)20-28(6)64-48/h24-34,37-45,48-49,54-55,58H,18-23H2,1-17H3/t25-,26-,27-,28+,29-,30+,31-,32+,33+,34+,37-,38+,39+,40-,41+,42+,43-,44+,45+,48-,49+,50-/m0/s1. The molecule has 0 radical (unpaired) electrons. The highest BCUT2D eigenvalue weighted by atomic mass is 16.7. The van der Waals surface area contributed by atoms with Gasteiger partial charge in [0.2, 0.25) is 0 Å². The largest absolute Gasteiger partial charge is 0.461 e. The summed E-state index contributed by atoms with van der Waals surface area (Å²) in [7, 11) is 6.33. The highest BCUT2D eigenvalue weighted by Gasteiger charge is 2.51. The van der Waals surface area contributed by atoms with Crippen molar-refractivity contribution in [3.8, 4) is 0 Å². The van der Waals surface area contributed by atoms with E-state index in [2.05, 4.69) is 17.0 Å². The summed E-state index contributed by atoms with van der Waals surface area (Å²) in [5.74, 6) is -6.83. The number of aliphatic hydroxyl groups is 3. The van der Waals surface area contributed by atoms with Gasteiger partial charge in [0.25, 0.3) is 0 Å². The number of likely N-dealkylation sites (N-methyl/N-ethyl adjacent to an activating group) is 1. The van der Waals surface area contributed by atoms with Gasteiger partial charge in [0.15, 0.2) is 24.7 Å². The first kappa shape index (κ1) is 59.2. The van der Waals surface area contributed by atoms with E-state index in [-0.39, 0.29) is 43.9 Å². The highest BCUT2D eigenvalue weighted by molar-refractivity contribution is 5.90. The number of oxime groups is 1. The zero-order valence-corrected chi connectivity index (χ0v) is 44.4. The van der Waals surface area contributed by atoms with Crippen LogP contribution in [0.15, 0.2) is 5.16 Å². The highest BCUT2D eigenvalue weighted by Crippen LogP contribution is 2.39. The Labute approximate surface area is 410 Å². The fourth-order valence-corrected chi connectivity index (χ4v) is 10.7. The molecule has 19 heteroatoms. The van der Waals surface area contributed by atoms with Gasteiger partial charge >= 0.3 is 11.9 Å². The van der Waals surface area contributed by atoms with E-state index < -0.39 is 139 Å². The number of aliphatic hydroxyl groups excluding tert-OH is 2. The van der Waals surface area contributed by atoms with Crippen molar-refractivity contribution >= 4 is 23.4 Å². The molecule has 4 fully saturated rings. The van der Waals surface area contributed by atoms with Crippen LogP contribution in [0.4, 0.5) is 0 Å². The van der Waals surface area contributed by atoms with Gasteiger partial charge in [0, 0.05) is 63.8 Å². The van der Waals surface area contributed by atoms with E-state index in [4.69, 9.17) is 52.2 Å². The van der Waals surface area contributed by atoms with Crippen molar-refractivity contribution in [2.75, 3.05) is 41.5 Å². The van der Waals surface area contributed by atoms with Crippen molar-refractivity contribution in [2.24, 2.45) is 46.6 Å². The Morgan fingerprint density at radius 3 is 2.09 bits per heavy atom. The van der Waals surface area contributed by atoms with Gasteiger partial charge in [-0.3, -0.25) is 14.4 Å². The normalized spacial score (nSPS) is 43.7. The molecule has 4 rings (SSSR count). The maximum atomic E-state index is 15.1. The predicted molar refractivity (Wildman–Crippen MR) is 253 cm³/mol. The van der Waals surface area contributed by atoms with Gasteiger partial charge in [-0.15, -0.1) is 0 Å². The summed E-state index contributed by atoms with van der Waals surface area (Å²) < 4.78 is 63.1. The van der Waals surface area contributed by atoms with E-state index >= 15 is 4.79 Å². The van der Waals surface area contributed by atoms with Gasteiger partial charge in [-0.1, -0.05) is 53.6 Å². The molecule has 4 aliphatic rings. The predicted octanol–water partition coefficient (Wildman–Crippen LogP) is 4.27. The number of ether oxygens (including phenoxy) is 10. The van der Waals surface area contributed by atoms with E-state index in [1.165, 1.54) is 28.3 Å². The van der Waals surface area contributed by atoms with Crippen LogP contribution in [0.5, 0.6) is 0 Å². The molecule has 0 unspecified atom stereocenters. The Hall–Kier alpha value is -2.40. The summed E-state index contributed by atoms with van der Waals surface area (Å²) >= 11 is 0. The van der Waals surface area contributed by atoms with Crippen LogP contribution in [0.25, 0.3) is 0 Å². The van der Waals surface area contributed by atoms with E-state index in [1.54, 1.807) is 27.7 Å². The molecule has 4 saturated heterocycles. The lowest BCUT2D eigenvalue weighted by Crippen LogP contribution is -2.59. The molecule has 0 aliphatic carbocycles. The van der Waals surface area contributed by atoms with Crippen LogP contribution in [-0.4, -0.2) is 183 Å². The van der Waals surface area contributed by atoms with Gasteiger partial charge in [0.1, 0.15) is 49.3 Å². The van der Waals surface area contributed by atoms with Crippen LogP contribution < -0.4 is 0 Å². The molecule has 0 bridgehead atoms. The average Bonchev–Trinajstić information content (AvgIpc) is 3.39. The number of hydrogen-bond acceptors (Lipinski definition) is 19. The maximum Gasteiger partial charge on any atom is 0.311 e. The van der Waals surface area contributed by atoms with Crippen LogP contribution in [0, 0.1) is 41.4 Å². The number of esters is 2. The molecule has 22 atom stereocenters. The molecule has 4 aliphatic heterocycles. The molecule has 0 aromatic heterocycles. The van der Waals surface area contributed by atoms with Crippen molar-refractivity contribution in [1.29, 1.82) is 0 Å². The monoisotopic (exact) mass is 989 g/mol. The third kappa shape index (κ3) is 15.1. The van der Waals surface area contributed by atoms with Crippen molar-refractivity contribution < 1.29 is 81.9 Å². The summed E-state index contributed by atoms with van der Waals surface area (Å²) in [6.45, 7) is 23.9. The lowest BCUT2D eigenvalue weighted by molar-refractivity contribution is -0.305.